The number of nitrogens with one attached hydrogen (secondary N) is 1. The van der Waals surface area contributed by atoms with E-state index in [0.29, 0.717) is 17.1 Å². The van der Waals surface area contributed by atoms with Crippen LogP contribution in [0.15, 0.2) is 83.8 Å². The van der Waals surface area contributed by atoms with Crippen LogP contribution < -0.4 is 9.62 Å². The van der Waals surface area contributed by atoms with Gasteiger partial charge in [0.2, 0.25) is 11.8 Å². The molecule has 1 atom stereocenters. The van der Waals surface area contributed by atoms with Crippen LogP contribution in [0.2, 0.25) is 5.02 Å². The number of sulfonamides is 1. The molecule has 4 rings (SSSR count). The van der Waals surface area contributed by atoms with E-state index < -0.39 is 28.5 Å². The fourth-order valence-electron chi connectivity index (χ4n) is 5.11. The monoisotopic (exact) mass is 581 g/mol. The van der Waals surface area contributed by atoms with Gasteiger partial charge in [-0.05, 0) is 73.7 Å². The number of rotatable bonds is 11. The lowest BCUT2D eigenvalue weighted by molar-refractivity contribution is -0.140. The fraction of sp³-hybridized carbons (Fsp3) is 0.355. The highest BCUT2D eigenvalue weighted by molar-refractivity contribution is 7.92. The SMILES string of the molecule is CCC(C(=O)NC1CCCC1)N(Cc1ccccc1)C(=O)CN(c1cccc(C)c1)S(=O)(=O)c1ccc(Cl)cc1. The zero-order valence-electron chi connectivity index (χ0n) is 22.9. The normalized spacial score (nSPS) is 14.5. The van der Waals surface area contributed by atoms with Crippen LogP contribution >= 0.6 is 11.6 Å². The first kappa shape index (κ1) is 29.6. The number of amides is 2. The minimum absolute atomic E-state index is 0.0202. The highest BCUT2D eigenvalue weighted by atomic mass is 35.5. The first-order chi connectivity index (χ1) is 19.2. The maximum absolute atomic E-state index is 14.1. The molecule has 3 aromatic rings. The van der Waals surface area contributed by atoms with E-state index in [4.69, 9.17) is 11.6 Å². The summed E-state index contributed by atoms with van der Waals surface area (Å²) >= 11 is 6.02. The van der Waals surface area contributed by atoms with E-state index in [1.54, 1.807) is 18.2 Å². The summed E-state index contributed by atoms with van der Waals surface area (Å²) in [5.74, 6) is -0.669. The Kier molecular flexibility index (Phi) is 9.87. The van der Waals surface area contributed by atoms with E-state index in [9.17, 15) is 18.0 Å². The highest BCUT2D eigenvalue weighted by Gasteiger charge is 2.34. The van der Waals surface area contributed by atoms with Crippen LogP contribution in [-0.2, 0) is 26.2 Å². The van der Waals surface area contributed by atoms with Gasteiger partial charge in [0, 0.05) is 17.6 Å². The Morgan fingerprint density at radius 3 is 2.27 bits per heavy atom. The van der Waals surface area contributed by atoms with Crippen LogP contribution in [0.3, 0.4) is 0 Å². The smallest absolute Gasteiger partial charge is 0.264 e. The molecule has 212 valence electrons. The van der Waals surface area contributed by atoms with Crippen molar-refractivity contribution in [3.8, 4) is 0 Å². The van der Waals surface area contributed by atoms with E-state index in [0.717, 1.165) is 41.1 Å². The second-order valence-corrected chi connectivity index (χ2v) is 12.5. The number of benzene rings is 3. The number of anilines is 1. The molecule has 1 fully saturated rings. The van der Waals surface area contributed by atoms with Crippen molar-refractivity contribution in [2.24, 2.45) is 0 Å². The second-order valence-electron chi connectivity index (χ2n) is 10.2. The van der Waals surface area contributed by atoms with Gasteiger partial charge < -0.3 is 10.2 Å². The standard InChI is InChI=1S/C31H36ClN3O4S/c1-3-29(31(37)33-26-13-7-8-14-26)34(21-24-11-5-4-6-12-24)30(36)22-35(27-15-9-10-23(2)20-27)40(38,39)28-18-16-25(32)17-19-28/h4-6,9-12,15-20,26,29H,3,7-8,13-14,21-22H2,1-2H3,(H,33,37). The van der Waals surface area contributed by atoms with Gasteiger partial charge in [-0.25, -0.2) is 8.42 Å². The predicted octanol–water partition coefficient (Wildman–Crippen LogP) is 5.71. The minimum atomic E-state index is -4.13. The molecule has 1 aliphatic carbocycles. The molecule has 1 saturated carbocycles. The molecular weight excluding hydrogens is 546 g/mol. The molecule has 0 saturated heterocycles. The number of halogens is 1. The molecule has 2 amide bonds. The van der Waals surface area contributed by atoms with Crippen LogP contribution in [0.1, 0.15) is 50.2 Å². The molecular formula is C31H36ClN3O4S. The molecule has 9 heteroatoms. The maximum Gasteiger partial charge on any atom is 0.264 e. The molecule has 0 spiro atoms. The topological polar surface area (TPSA) is 86.8 Å². The van der Waals surface area contributed by atoms with Gasteiger partial charge in [-0.2, -0.15) is 0 Å². The first-order valence-corrected chi connectivity index (χ1v) is 15.5. The summed E-state index contributed by atoms with van der Waals surface area (Å²) in [4.78, 5) is 29.1. The first-order valence-electron chi connectivity index (χ1n) is 13.7. The summed E-state index contributed by atoms with van der Waals surface area (Å²) in [7, 11) is -4.13. The van der Waals surface area contributed by atoms with Crippen LogP contribution in [0, 0.1) is 6.92 Å². The largest absolute Gasteiger partial charge is 0.352 e. The Morgan fingerprint density at radius 2 is 1.65 bits per heavy atom. The van der Waals surface area contributed by atoms with Gasteiger partial charge >= 0.3 is 0 Å². The van der Waals surface area contributed by atoms with Crippen molar-refractivity contribution >= 4 is 39.1 Å². The van der Waals surface area contributed by atoms with Crippen LogP contribution in [0.25, 0.3) is 0 Å². The molecule has 1 N–H and O–H groups in total. The fourth-order valence-corrected chi connectivity index (χ4v) is 6.64. The molecule has 1 unspecified atom stereocenters. The Hall–Kier alpha value is -3.36. The molecule has 0 aliphatic heterocycles. The van der Waals surface area contributed by atoms with Crippen molar-refractivity contribution in [1.82, 2.24) is 10.2 Å². The van der Waals surface area contributed by atoms with Gasteiger partial charge in [-0.15, -0.1) is 0 Å². The number of nitrogens with zero attached hydrogens (tertiary/aromatic N) is 2. The van der Waals surface area contributed by atoms with Crippen molar-refractivity contribution in [2.45, 2.75) is 69.5 Å². The van der Waals surface area contributed by atoms with E-state index in [1.807, 2.05) is 50.2 Å². The second kappa shape index (κ2) is 13.3. The molecule has 0 radical (unpaired) electrons. The molecule has 0 aromatic heterocycles. The van der Waals surface area contributed by atoms with Crippen molar-refractivity contribution in [2.75, 3.05) is 10.8 Å². The average molecular weight is 582 g/mol. The van der Waals surface area contributed by atoms with Crippen LogP contribution in [-0.4, -0.2) is 43.8 Å². The zero-order chi connectivity index (χ0) is 28.7. The third-order valence-electron chi connectivity index (χ3n) is 7.25. The van der Waals surface area contributed by atoms with Crippen molar-refractivity contribution in [3.05, 3.63) is 95.0 Å². The van der Waals surface area contributed by atoms with E-state index >= 15 is 0 Å². The van der Waals surface area contributed by atoms with E-state index in [2.05, 4.69) is 5.32 Å². The van der Waals surface area contributed by atoms with Crippen molar-refractivity contribution < 1.29 is 18.0 Å². The molecule has 1 aliphatic rings. The number of aryl methyl sites for hydroxylation is 1. The Balaban J connectivity index is 1.70. The van der Waals surface area contributed by atoms with Gasteiger partial charge in [0.1, 0.15) is 12.6 Å². The summed E-state index contributed by atoms with van der Waals surface area (Å²) in [6.07, 6.45) is 4.39. The third kappa shape index (κ3) is 7.23. The number of carbonyl (C=O) groups is 2. The van der Waals surface area contributed by atoms with Crippen LogP contribution in [0.5, 0.6) is 0 Å². The lowest BCUT2D eigenvalue weighted by Gasteiger charge is -2.33. The quantitative estimate of drug-likeness (QED) is 0.314. The Labute approximate surface area is 242 Å². The predicted molar refractivity (Wildman–Crippen MR) is 159 cm³/mol. The van der Waals surface area contributed by atoms with Gasteiger partial charge in [-0.1, -0.05) is 73.8 Å². The van der Waals surface area contributed by atoms with E-state index in [-0.39, 0.29) is 23.4 Å². The number of hydrogen-bond donors (Lipinski definition) is 1. The summed E-state index contributed by atoms with van der Waals surface area (Å²) in [5, 5.41) is 3.54. The maximum atomic E-state index is 14.1. The molecule has 40 heavy (non-hydrogen) atoms. The van der Waals surface area contributed by atoms with Crippen LogP contribution in [0.4, 0.5) is 5.69 Å². The molecule has 0 bridgehead atoms. The number of carbonyl (C=O) groups excluding carboxylic acids is 2. The Bertz CT molecular complexity index is 1410. The number of hydrogen-bond acceptors (Lipinski definition) is 4. The molecule has 0 heterocycles. The zero-order valence-corrected chi connectivity index (χ0v) is 24.5. The van der Waals surface area contributed by atoms with E-state index in [1.165, 1.54) is 29.2 Å². The molecule has 7 nitrogen and oxygen atoms in total. The summed E-state index contributed by atoms with van der Waals surface area (Å²) in [6.45, 7) is 3.45. The van der Waals surface area contributed by atoms with Gasteiger partial charge in [0.05, 0.1) is 10.6 Å². The third-order valence-corrected chi connectivity index (χ3v) is 9.29. The average Bonchev–Trinajstić information content (AvgIpc) is 3.45. The van der Waals surface area contributed by atoms with Crippen molar-refractivity contribution in [1.29, 1.82) is 0 Å². The van der Waals surface area contributed by atoms with Gasteiger partial charge in [0.25, 0.3) is 10.0 Å². The lowest BCUT2D eigenvalue weighted by Crippen LogP contribution is -2.53. The summed E-state index contributed by atoms with van der Waals surface area (Å²) in [6, 6.07) is 21.7. The lowest BCUT2D eigenvalue weighted by atomic mass is 10.1. The van der Waals surface area contributed by atoms with Gasteiger partial charge in [-0.3, -0.25) is 13.9 Å². The summed E-state index contributed by atoms with van der Waals surface area (Å²) in [5.41, 5.74) is 2.07. The van der Waals surface area contributed by atoms with Gasteiger partial charge in [0.15, 0.2) is 0 Å². The molecule has 3 aromatic carbocycles. The summed E-state index contributed by atoms with van der Waals surface area (Å²) < 4.78 is 28.9. The Morgan fingerprint density at radius 1 is 0.975 bits per heavy atom. The minimum Gasteiger partial charge on any atom is -0.352 e. The van der Waals surface area contributed by atoms with Crippen molar-refractivity contribution in [3.63, 3.8) is 0 Å². The highest BCUT2D eigenvalue weighted by Crippen LogP contribution is 2.27.